The molecule has 0 bridgehead atoms. The Labute approximate surface area is 75.4 Å². The highest BCUT2D eigenvalue weighted by atomic mass is 16.5. The quantitative estimate of drug-likeness (QED) is 0.622. The van der Waals surface area contributed by atoms with Crippen molar-refractivity contribution in [2.24, 2.45) is 0 Å². The molecule has 76 valence electrons. The highest BCUT2D eigenvalue weighted by Gasteiger charge is 1.89. The highest BCUT2D eigenvalue weighted by molar-refractivity contribution is 4.36. The van der Waals surface area contributed by atoms with Gasteiger partial charge in [0.25, 0.3) is 0 Å². The summed E-state index contributed by atoms with van der Waals surface area (Å²) < 4.78 is 5.28. The Kier molecular flexibility index (Phi) is 16.2. The van der Waals surface area contributed by atoms with Gasteiger partial charge >= 0.3 is 0 Å². The summed E-state index contributed by atoms with van der Waals surface area (Å²) in [6.45, 7) is 6.98. The molecule has 3 nitrogen and oxygen atoms in total. The molecule has 2 N–H and O–H groups in total. The molecule has 0 radical (unpaired) electrons. The number of rotatable bonds is 5. The minimum Gasteiger partial charge on any atom is -0.394 e. The number of aliphatic hydroxyl groups excluding tert-OH is 2. The van der Waals surface area contributed by atoms with E-state index in [1.807, 2.05) is 0 Å². The van der Waals surface area contributed by atoms with Gasteiger partial charge in [-0.3, -0.25) is 0 Å². The van der Waals surface area contributed by atoms with Gasteiger partial charge in [-0.25, -0.2) is 0 Å². The number of aliphatic hydroxyl groups is 2. The molecule has 0 aromatic heterocycles. The zero-order valence-electron chi connectivity index (χ0n) is 8.42. The van der Waals surface area contributed by atoms with Crippen LogP contribution in [0.2, 0.25) is 0 Å². The third-order valence-corrected chi connectivity index (χ3v) is 1.05. The third kappa shape index (κ3) is 22.5. The molecule has 3 heteroatoms. The Bertz CT molecular complexity index is 62.8. The summed E-state index contributed by atoms with van der Waals surface area (Å²) in [4.78, 5) is 0. The molecule has 0 saturated carbocycles. The van der Waals surface area contributed by atoms with Crippen LogP contribution < -0.4 is 0 Å². The van der Waals surface area contributed by atoms with E-state index in [9.17, 15) is 0 Å². The van der Waals surface area contributed by atoms with E-state index in [0.717, 1.165) is 6.61 Å². The van der Waals surface area contributed by atoms with Gasteiger partial charge in [-0.15, -0.1) is 0 Å². The Hall–Kier alpha value is -0.120. The van der Waals surface area contributed by atoms with Crippen molar-refractivity contribution < 1.29 is 14.9 Å². The number of unbranched alkanes of at least 4 members (excludes halogenated alkanes) is 1. The Balaban J connectivity index is 0. The molecule has 0 spiro atoms. The first-order valence-electron chi connectivity index (χ1n) is 4.52. The minimum absolute atomic E-state index is 0.125. The van der Waals surface area contributed by atoms with Crippen LogP contribution in [0.3, 0.4) is 0 Å². The molecular formula is C9H22O3. The van der Waals surface area contributed by atoms with E-state index in [-0.39, 0.29) is 13.2 Å². The topological polar surface area (TPSA) is 49.7 Å². The lowest BCUT2D eigenvalue weighted by atomic mass is 10.3. The summed E-state index contributed by atoms with van der Waals surface area (Å²) >= 11 is 0. The molecule has 0 aromatic rings. The average Bonchev–Trinajstić information content (AvgIpc) is 2.05. The Morgan fingerprint density at radius 3 is 1.92 bits per heavy atom. The van der Waals surface area contributed by atoms with Gasteiger partial charge in [0.1, 0.15) is 0 Å². The molecule has 0 aliphatic heterocycles. The summed E-state index contributed by atoms with van der Waals surface area (Å²) in [5, 5.41) is 15.2. The first-order chi connectivity index (χ1) is 5.68. The van der Waals surface area contributed by atoms with Crippen LogP contribution in [0.15, 0.2) is 0 Å². The number of hydrogen-bond acceptors (Lipinski definition) is 3. The Morgan fingerprint density at radius 1 is 1.17 bits per heavy atom. The van der Waals surface area contributed by atoms with Gasteiger partial charge < -0.3 is 14.9 Å². The van der Waals surface area contributed by atoms with E-state index in [1.165, 1.54) is 12.8 Å². The first-order valence-corrected chi connectivity index (χ1v) is 4.52. The van der Waals surface area contributed by atoms with Crippen LogP contribution in [0.4, 0.5) is 0 Å². The molecule has 0 rings (SSSR count). The zero-order chi connectivity index (χ0) is 9.82. The predicted molar refractivity (Wildman–Crippen MR) is 50.2 cm³/mol. The SMILES string of the molecule is CCCCOC(C)C.OCCO. The van der Waals surface area contributed by atoms with E-state index >= 15 is 0 Å². The second kappa shape index (κ2) is 13.5. The molecule has 0 aromatic carbocycles. The van der Waals surface area contributed by atoms with E-state index in [4.69, 9.17) is 14.9 Å². The van der Waals surface area contributed by atoms with E-state index in [1.54, 1.807) is 0 Å². The second-order valence-corrected chi connectivity index (χ2v) is 2.72. The lowest BCUT2D eigenvalue weighted by Crippen LogP contribution is -2.02. The van der Waals surface area contributed by atoms with Crippen LogP contribution in [0.1, 0.15) is 33.6 Å². The van der Waals surface area contributed by atoms with Crippen molar-refractivity contribution in [3.8, 4) is 0 Å². The standard InChI is InChI=1S/C7H16O.C2H6O2/c1-4-5-6-8-7(2)3;3-1-2-4/h7H,4-6H2,1-3H3;3-4H,1-2H2. The fourth-order valence-corrected chi connectivity index (χ4v) is 0.463. The molecule has 0 amide bonds. The van der Waals surface area contributed by atoms with Crippen LogP contribution in [-0.4, -0.2) is 36.1 Å². The van der Waals surface area contributed by atoms with E-state index in [0.29, 0.717) is 6.10 Å². The summed E-state index contributed by atoms with van der Waals surface area (Å²) in [6.07, 6.45) is 2.83. The average molecular weight is 178 g/mol. The van der Waals surface area contributed by atoms with Gasteiger partial charge in [0.15, 0.2) is 0 Å². The van der Waals surface area contributed by atoms with Gasteiger partial charge in [-0.05, 0) is 20.3 Å². The molecular weight excluding hydrogens is 156 g/mol. The predicted octanol–water partition coefficient (Wildman–Crippen LogP) is 1.18. The maximum atomic E-state index is 7.62. The van der Waals surface area contributed by atoms with E-state index in [2.05, 4.69) is 20.8 Å². The monoisotopic (exact) mass is 178 g/mol. The number of hydrogen-bond donors (Lipinski definition) is 2. The molecule has 0 atom stereocenters. The second-order valence-electron chi connectivity index (χ2n) is 2.72. The van der Waals surface area contributed by atoms with Crippen LogP contribution in [0, 0.1) is 0 Å². The zero-order valence-corrected chi connectivity index (χ0v) is 8.42. The molecule has 0 fully saturated rings. The smallest absolute Gasteiger partial charge is 0.0662 e. The summed E-state index contributed by atoms with van der Waals surface area (Å²) in [7, 11) is 0. The van der Waals surface area contributed by atoms with Gasteiger partial charge in [0, 0.05) is 6.61 Å². The van der Waals surface area contributed by atoms with Crippen molar-refractivity contribution in [3.63, 3.8) is 0 Å². The molecule has 0 saturated heterocycles. The lowest BCUT2D eigenvalue weighted by Gasteiger charge is -2.04. The normalized spacial score (nSPS) is 9.50. The molecule has 0 unspecified atom stereocenters. The largest absolute Gasteiger partial charge is 0.394 e. The van der Waals surface area contributed by atoms with Crippen LogP contribution in [0.5, 0.6) is 0 Å². The number of ether oxygens (including phenoxy) is 1. The van der Waals surface area contributed by atoms with Gasteiger partial charge in [0.05, 0.1) is 19.3 Å². The van der Waals surface area contributed by atoms with Crippen molar-refractivity contribution in [2.45, 2.75) is 39.7 Å². The summed E-state index contributed by atoms with van der Waals surface area (Å²) in [5.74, 6) is 0. The first kappa shape index (κ1) is 14.4. The van der Waals surface area contributed by atoms with Crippen LogP contribution in [-0.2, 0) is 4.74 Å². The Morgan fingerprint density at radius 2 is 1.67 bits per heavy atom. The summed E-state index contributed by atoms with van der Waals surface area (Å²) in [6, 6.07) is 0. The highest BCUT2D eigenvalue weighted by Crippen LogP contribution is 1.91. The van der Waals surface area contributed by atoms with Crippen LogP contribution >= 0.6 is 0 Å². The fraction of sp³-hybridized carbons (Fsp3) is 1.00. The molecule has 0 aliphatic carbocycles. The van der Waals surface area contributed by atoms with Crippen LogP contribution in [0.25, 0.3) is 0 Å². The third-order valence-electron chi connectivity index (χ3n) is 1.05. The van der Waals surface area contributed by atoms with Crippen molar-refractivity contribution in [3.05, 3.63) is 0 Å². The van der Waals surface area contributed by atoms with Crippen molar-refractivity contribution in [1.29, 1.82) is 0 Å². The molecule has 0 heterocycles. The summed E-state index contributed by atoms with van der Waals surface area (Å²) in [5.41, 5.74) is 0. The van der Waals surface area contributed by atoms with Gasteiger partial charge in [0.2, 0.25) is 0 Å². The van der Waals surface area contributed by atoms with Crippen molar-refractivity contribution >= 4 is 0 Å². The maximum Gasteiger partial charge on any atom is 0.0662 e. The van der Waals surface area contributed by atoms with E-state index < -0.39 is 0 Å². The maximum absolute atomic E-state index is 7.62. The molecule has 0 aliphatic rings. The fourth-order valence-electron chi connectivity index (χ4n) is 0.463. The lowest BCUT2D eigenvalue weighted by molar-refractivity contribution is 0.0767. The molecule has 12 heavy (non-hydrogen) atoms. The van der Waals surface area contributed by atoms with Gasteiger partial charge in [-0.2, -0.15) is 0 Å². The minimum atomic E-state index is -0.125. The van der Waals surface area contributed by atoms with Gasteiger partial charge in [-0.1, -0.05) is 13.3 Å². The van der Waals surface area contributed by atoms with Crippen molar-refractivity contribution in [1.82, 2.24) is 0 Å². The van der Waals surface area contributed by atoms with Crippen molar-refractivity contribution in [2.75, 3.05) is 19.8 Å².